The summed E-state index contributed by atoms with van der Waals surface area (Å²) in [5, 5.41) is 5.60. The highest BCUT2D eigenvalue weighted by molar-refractivity contribution is 5.97. The maximum atomic E-state index is 13.7. The van der Waals surface area contributed by atoms with Crippen molar-refractivity contribution in [2.24, 2.45) is 0 Å². The molecule has 0 radical (unpaired) electrons. The van der Waals surface area contributed by atoms with Crippen LogP contribution in [0.5, 0.6) is 0 Å². The molecule has 0 spiro atoms. The van der Waals surface area contributed by atoms with Crippen molar-refractivity contribution in [1.29, 1.82) is 0 Å². The fourth-order valence-electron chi connectivity index (χ4n) is 4.43. The van der Waals surface area contributed by atoms with Crippen LogP contribution in [0.1, 0.15) is 57.9 Å². The summed E-state index contributed by atoms with van der Waals surface area (Å²) in [6.45, 7) is 9.88. The third-order valence-corrected chi connectivity index (χ3v) is 6.49. The van der Waals surface area contributed by atoms with Gasteiger partial charge in [-0.2, -0.15) is 0 Å². The fourth-order valence-corrected chi connectivity index (χ4v) is 4.43. The molecular weight excluding hydrogens is 584 g/mol. The summed E-state index contributed by atoms with van der Waals surface area (Å²) >= 11 is 0. The number of amides is 3. The number of rotatable bonds is 12. The number of anilines is 1. The molecule has 2 N–H and O–H groups in total. The summed E-state index contributed by atoms with van der Waals surface area (Å²) in [5.41, 5.74) is -0.147. The molecule has 1 aliphatic rings. The number of hydrogen-bond donors (Lipinski definition) is 2. The second-order valence-electron chi connectivity index (χ2n) is 11.1. The van der Waals surface area contributed by atoms with Crippen LogP contribution in [-0.4, -0.2) is 107 Å². The molecule has 2 heterocycles. The second-order valence-corrected chi connectivity index (χ2v) is 11.1. The topological polar surface area (TPSA) is 169 Å². The van der Waals surface area contributed by atoms with Crippen LogP contribution < -0.4 is 10.6 Å². The normalized spacial score (nSPS) is 13.8. The molecule has 3 amide bonds. The monoisotopic (exact) mass is 626 g/mol. The van der Waals surface area contributed by atoms with Crippen molar-refractivity contribution in [3.8, 4) is 11.4 Å². The summed E-state index contributed by atoms with van der Waals surface area (Å²) in [7, 11) is 0. The zero-order valence-corrected chi connectivity index (χ0v) is 26.5. The van der Waals surface area contributed by atoms with Gasteiger partial charge in [-0.1, -0.05) is 30.3 Å². The van der Waals surface area contributed by atoms with Crippen molar-refractivity contribution in [2.45, 2.75) is 59.1 Å². The van der Waals surface area contributed by atoms with Gasteiger partial charge in [0.25, 0.3) is 5.91 Å². The van der Waals surface area contributed by atoms with Gasteiger partial charge in [0.1, 0.15) is 29.7 Å². The molecular formula is C31H42N6O8. The lowest BCUT2D eigenvalue weighted by Gasteiger charge is -2.36. The van der Waals surface area contributed by atoms with Gasteiger partial charge in [-0.3, -0.25) is 19.2 Å². The zero-order chi connectivity index (χ0) is 33.0. The standard InChI is InChI=1S/C31H42N6O8/c1-6-43-26(39)20-32-24-19-23(33-27(35-24)21-11-9-8-10-12-21)28(40)34-22(13-14-25(38)45-31(3,4)5)29(41)36-15-17-37(18-16-36)30(42)44-7-2/h8-12,19,22H,6-7,13-18,20H2,1-5H3,(H,34,40)(H,32,33,35). The number of nitrogens with zero attached hydrogens (tertiary/aromatic N) is 4. The van der Waals surface area contributed by atoms with E-state index in [4.69, 9.17) is 14.2 Å². The van der Waals surface area contributed by atoms with E-state index in [1.165, 1.54) is 15.9 Å². The summed E-state index contributed by atoms with van der Waals surface area (Å²) in [4.78, 5) is 75.8. The predicted octanol–water partition coefficient (Wildman–Crippen LogP) is 2.64. The number of hydrogen-bond acceptors (Lipinski definition) is 11. The average molecular weight is 627 g/mol. The minimum Gasteiger partial charge on any atom is -0.465 e. The zero-order valence-electron chi connectivity index (χ0n) is 26.5. The van der Waals surface area contributed by atoms with Gasteiger partial charge in [-0.25, -0.2) is 14.8 Å². The van der Waals surface area contributed by atoms with E-state index in [0.29, 0.717) is 5.56 Å². The largest absolute Gasteiger partial charge is 0.465 e. The van der Waals surface area contributed by atoms with E-state index < -0.39 is 41.5 Å². The van der Waals surface area contributed by atoms with Crippen LogP contribution in [0.15, 0.2) is 36.4 Å². The van der Waals surface area contributed by atoms with Crippen molar-refractivity contribution in [3.05, 3.63) is 42.1 Å². The highest BCUT2D eigenvalue weighted by Gasteiger charge is 2.32. The Labute approximate surface area is 262 Å². The lowest BCUT2D eigenvalue weighted by atomic mass is 10.1. The number of nitrogens with one attached hydrogen (secondary N) is 2. The molecule has 3 rings (SSSR count). The van der Waals surface area contributed by atoms with Crippen molar-refractivity contribution in [1.82, 2.24) is 25.1 Å². The van der Waals surface area contributed by atoms with Gasteiger partial charge in [-0.05, 0) is 41.0 Å². The maximum Gasteiger partial charge on any atom is 0.409 e. The molecule has 1 aromatic carbocycles. The molecule has 1 saturated heterocycles. The average Bonchev–Trinajstić information content (AvgIpc) is 3.01. The summed E-state index contributed by atoms with van der Waals surface area (Å²) in [6.07, 6.45) is -0.602. The lowest BCUT2D eigenvalue weighted by Crippen LogP contribution is -2.56. The van der Waals surface area contributed by atoms with Gasteiger partial charge in [0.15, 0.2) is 5.82 Å². The maximum absolute atomic E-state index is 13.7. The fraction of sp³-hybridized carbons (Fsp3) is 0.516. The van der Waals surface area contributed by atoms with Gasteiger partial charge in [0.2, 0.25) is 5.91 Å². The van der Waals surface area contributed by atoms with Gasteiger partial charge >= 0.3 is 18.0 Å². The molecule has 1 aliphatic heterocycles. The quantitative estimate of drug-likeness (QED) is 0.262. The van der Waals surface area contributed by atoms with E-state index in [9.17, 15) is 24.0 Å². The van der Waals surface area contributed by atoms with Crippen molar-refractivity contribution >= 4 is 35.7 Å². The molecule has 45 heavy (non-hydrogen) atoms. The number of esters is 2. The first-order chi connectivity index (χ1) is 21.4. The van der Waals surface area contributed by atoms with Gasteiger partial charge in [0.05, 0.1) is 13.2 Å². The molecule has 0 bridgehead atoms. The number of benzene rings is 1. The SMILES string of the molecule is CCOC(=O)CNc1cc(C(=O)NC(CCC(=O)OC(C)(C)C)C(=O)N2CCN(C(=O)OCC)CC2)nc(-c2ccccc2)n1. The molecule has 1 aromatic heterocycles. The van der Waals surface area contributed by atoms with Crippen LogP contribution in [0.3, 0.4) is 0 Å². The smallest absolute Gasteiger partial charge is 0.409 e. The highest BCUT2D eigenvalue weighted by atomic mass is 16.6. The van der Waals surface area contributed by atoms with E-state index in [1.54, 1.807) is 58.9 Å². The van der Waals surface area contributed by atoms with Crippen molar-refractivity contribution in [2.75, 3.05) is 51.3 Å². The Kier molecular flexibility index (Phi) is 12.6. The number of carbonyl (C=O) groups excluding carboxylic acids is 5. The van der Waals surface area contributed by atoms with Crippen LogP contribution in [0.25, 0.3) is 11.4 Å². The first-order valence-electron chi connectivity index (χ1n) is 15.0. The Morgan fingerprint density at radius 1 is 0.889 bits per heavy atom. The number of ether oxygens (including phenoxy) is 3. The molecule has 1 unspecified atom stereocenters. The first-order valence-corrected chi connectivity index (χ1v) is 15.0. The second kappa shape index (κ2) is 16.4. The van der Waals surface area contributed by atoms with Crippen molar-refractivity contribution in [3.63, 3.8) is 0 Å². The van der Waals surface area contributed by atoms with E-state index in [1.807, 2.05) is 6.07 Å². The van der Waals surface area contributed by atoms with Crippen molar-refractivity contribution < 1.29 is 38.2 Å². The van der Waals surface area contributed by atoms with E-state index >= 15 is 0 Å². The van der Waals surface area contributed by atoms with E-state index in [0.717, 1.165) is 0 Å². The van der Waals surface area contributed by atoms with E-state index in [2.05, 4.69) is 20.6 Å². The predicted molar refractivity (Wildman–Crippen MR) is 164 cm³/mol. The Morgan fingerprint density at radius 3 is 2.16 bits per heavy atom. The van der Waals surface area contributed by atoms with Crippen LogP contribution in [0.2, 0.25) is 0 Å². The molecule has 0 saturated carbocycles. The Hall–Kier alpha value is -4.75. The lowest BCUT2D eigenvalue weighted by molar-refractivity contribution is -0.155. The van der Waals surface area contributed by atoms with Crippen LogP contribution in [0.4, 0.5) is 10.6 Å². The van der Waals surface area contributed by atoms with Gasteiger partial charge < -0.3 is 34.6 Å². The number of carbonyl (C=O) groups is 5. The van der Waals surface area contributed by atoms with Gasteiger partial charge in [-0.15, -0.1) is 0 Å². The Bertz CT molecular complexity index is 1340. The molecule has 1 fully saturated rings. The van der Waals surface area contributed by atoms with Crippen LogP contribution in [0, 0.1) is 0 Å². The molecule has 14 nitrogen and oxygen atoms in total. The molecule has 1 atom stereocenters. The van der Waals surface area contributed by atoms with Crippen LogP contribution in [-0.2, 0) is 28.6 Å². The summed E-state index contributed by atoms with van der Waals surface area (Å²) in [6, 6.07) is 9.24. The number of aromatic nitrogens is 2. The Morgan fingerprint density at radius 2 is 1.53 bits per heavy atom. The molecule has 2 aromatic rings. The number of piperazine rings is 1. The molecule has 244 valence electrons. The molecule has 14 heteroatoms. The minimum atomic E-state index is -1.09. The highest BCUT2D eigenvalue weighted by Crippen LogP contribution is 2.19. The third kappa shape index (κ3) is 11.0. The molecule has 0 aliphatic carbocycles. The summed E-state index contributed by atoms with van der Waals surface area (Å²) < 4.78 is 15.4. The third-order valence-electron chi connectivity index (χ3n) is 6.49. The first kappa shape index (κ1) is 34.7. The van der Waals surface area contributed by atoms with Crippen LogP contribution >= 0.6 is 0 Å². The van der Waals surface area contributed by atoms with E-state index in [-0.39, 0.29) is 76.1 Å². The summed E-state index contributed by atoms with van der Waals surface area (Å²) in [5.74, 6) is -1.68. The Balaban J connectivity index is 1.84. The minimum absolute atomic E-state index is 0.0256. The van der Waals surface area contributed by atoms with Gasteiger partial charge in [0, 0.05) is 44.2 Å².